The van der Waals surface area contributed by atoms with E-state index in [-0.39, 0.29) is 0 Å². The molecule has 0 aliphatic carbocycles. The number of nitrogens with zero attached hydrogens (tertiary/aromatic N) is 4. The van der Waals surface area contributed by atoms with E-state index in [1.165, 1.54) is 0 Å². The van der Waals surface area contributed by atoms with Crippen LogP contribution in [0.5, 0.6) is 0 Å². The van der Waals surface area contributed by atoms with Crippen molar-refractivity contribution in [3.63, 3.8) is 0 Å². The average Bonchev–Trinajstić information content (AvgIpc) is 3.04. The van der Waals surface area contributed by atoms with Crippen molar-refractivity contribution in [2.24, 2.45) is 0 Å². The molecule has 5 nitrogen and oxygen atoms in total. The van der Waals surface area contributed by atoms with Crippen molar-refractivity contribution in [1.29, 1.82) is 0 Å². The molecule has 1 aliphatic heterocycles. The second-order valence-corrected chi connectivity index (χ2v) is 6.82. The van der Waals surface area contributed by atoms with E-state index in [2.05, 4.69) is 26.3 Å². The number of aliphatic hydroxyl groups is 1. The molecular formula is C19H28N4O. The Kier molecular flexibility index (Phi) is 5.33. The van der Waals surface area contributed by atoms with Gasteiger partial charge in [0.25, 0.3) is 0 Å². The highest BCUT2D eigenvalue weighted by atomic mass is 16.3. The second-order valence-electron chi connectivity index (χ2n) is 6.82. The van der Waals surface area contributed by atoms with Crippen LogP contribution in [0.4, 0.5) is 0 Å². The smallest absolute Gasteiger partial charge is 0.122 e. The summed E-state index contributed by atoms with van der Waals surface area (Å²) >= 11 is 0. The van der Waals surface area contributed by atoms with Gasteiger partial charge < -0.3 is 9.67 Å². The topological polar surface area (TPSA) is 44.5 Å². The summed E-state index contributed by atoms with van der Waals surface area (Å²) in [6, 6.07) is 9.95. The van der Waals surface area contributed by atoms with Crippen LogP contribution < -0.4 is 0 Å². The van der Waals surface area contributed by atoms with Crippen LogP contribution in [0.3, 0.4) is 0 Å². The van der Waals surface area contributed by atoms with Gasteiger partial charge in [-0.25, -0.2) is 4.98 Å². The van der Waals surface area contributed by atoms with Gasteiger partial charge in [0.1, 0.15) is 5.82 Å². The number of aryl methyl sites for hydroxylation is 1. The predicted octanol–water partition coefficient (Wildman–Crippen LogP) is 1.93. The summed E-state index contributed by atoms with van der Waals surface area (Å²) in [5, 5.41) is 10.8. The molecule has 0 bridgehead atoms. The van der Waals surface area contributed by atoms with Crippen molar-refractivity contribution >= 4 is 0 Å². The number of rotatable bonds is 6. The number of piperazine rings is 1. The molecule has 1 aromatic heterocycles. The Balaban J connectivity index is 1.52. The lowest BCUT2D eigenvalue weighted by atomic mass is 9.95. The molecule has 5 heteroatoms. The van der Waals surface area contributed by atoms with Gasteiger partial charge in [0.15, 0.2) is 0 Å². The molecule has 130 valence electrons. The number of hydrogen-bond donors (Lipinski definition) is 1. The number of β-amino-alcohol motifs (C(OH)–C–C–N with tert-alkyl or cyclic N) is 1. The first-order chi connectivity index (χ1) is 11.6. The molecule has 3 rings (SSSR count). The van der Waals surface area contributed by atoms with Crippen molar-refractivity contribution in [1.82, 2.24) is 19.4 Å². The Bertz CT molecular complexity index is 630. The maximum Gasteiger partial charge on any atom is 0.122 e. The molecule has 1 fully saturated rings. The first kappa shape index (κ1) is 17.1. The quantitative estimate of drug-likeness (QED) is 0.880. The molecule has 1 unspecified atom stereocenters. The molecule has 0 spiro atoms. The van der Waals surface area contributed by atoms with Crippen molar-refractivity contribution < 1.29 is 5.11 Å². The van der Waals surface area contributed by atoms with Gasteiger partial charge in [0.2, 0.25) is 0 Å². The minimum atomic E-state index is -0.804. The first-order valence-electron chi connectivity index (χ1n) is 8.81. The third-order valence-electron chi connectivity index (χ3n) is 4.90. The third-order valence-corrected chi connectivity index (χ3v) is 4.90. The van der Waals surface area contributed by atoms with E-state index in [0.717, 1.165) is 50.7 Å². The minimum Gasteiger partial charge on any atom is -0.384 e. The first-order valence-corrected chi connectivity index (χ1v) is 8.81. The van der Waals surface area contributed by atoms with E-state index >= 15 is 0 Å². The normalized spacial score (nSPS) is 19.3. The van der Waals surface area contributed by atoms with Gasteiger partial charge in [-0.1, -0.05) is 30.3 Å². The number of benzene rings is 1. The lowest BCUT2D eigenvalue weighted by Crippen LogP contribution is -2.50. The molecule has 1 aliphatic rings. The van der Waals surface area contributed by atoms with E-state index in [1.807, 2.05) is 49.6 Å². The summed E-state index contributed by atoms with van der Waals surface area (Å²) in [4.78, 5) is 9.27. The highest BCUT2D eigenvalue weighted by Crippen LogP contribution is 2.22. The van der Waals surface area contributed by atoms with E-state index < -0.39 is 5.60 Å². The third kappa shape index (κ3) is 4.04. The summed E-state index contributed by atoms with van der Waals surface area (Å²) in [6.07, 6.45) is 3.93. The second kappa shape index (κ2) is 7.47. The van der Waals surface area contributed by atoms with E-state index in [9.17, 15) is 5.11 Å². The zero-order valence-corrected chi connectivity index (χ0v) is 14.7. The molecule has 1 N–H and O–H groups in total. The van der Waals surface area contributed by atoms with Gasteiger partial charge in [0.05, 0.1) is 12.1 Å². The van der Waals surface area contributed by atoms with Gasteiger partial charge in [-0.05, 0) is 19.4 Å². The van der Waals surface area contributed by atoms with Crippen LogP contribution in [0.1, 0.15) is 25.2 Å². The molecule has 1 saturated heterocycles. The monoisotopic (exact) mass is 328 g/mol. The van der Waals surface area contributed by atoms with E-state index in [1.54, 1.807) is 0 Å². The van der Waals surface area contributed by atoms with E-state index in [0.29, 0.717) is 6.54 Å². The Morgan fingerprint density at radius 3 is 2.42 bits per heavy atom. The van der Waals surface area contributed by atoms with Crippen LogP contribution in [0.2, 0.25) is 0 Å². The zero-order valence-electron chi connectivity index (χ0n) is 14.7. The molecule has 2 aromatic rings. The van der Waals surface area contributed by atoms with Gasteiger partial charge in [-0.3, -0.25) is 9.80 Å². The summed E-state index contributed by atoms with van der Waals surface area (Å²) in [5.41, 5.74) is 0.180. The highest BCUT2D eigenvalue weighted by molar-refractivity contribution is 5.21. The maximum absolute atomic E-state index is 10.8. The van der Waals surface area contributed by atoms with Crippen LogP contribution in [0.25, 0.3) is 0 Å². The van der Waals surface area contributed by atoms with Gasteiger partial charge in [0, 0.05) is 51.7 Å². The molecule has 1 aromatic carbocycles. The average molecular weight is 328 g/mol. The van der Waals surface area contributed by atoms with Crippen molar-refractivity contribution in [2.75, 3.05) is 32.7 Å². The number of hydrogen-bond acceptors (Lipinski definition) is 4. The summed E-state index contributed by atoms with van der Waals surface area (Å²) < 4.78 is 2.20. The molecule has 2 heterocycles. The molecule has 1 atom stereocenters. The molecule has 24 heavy (non-hydrogen) atoms. The SMILES string of the molecule is CCn1ccnc1CN1CCN(CC(C)(O)c2ccccc2)CC1. The van der Waals surface area contributed by atoms with Crippen molar-refractivity contribution in [2.45, 2.75) is 32.5 Å². The Hall–Kier alpha value is -1.69. The fourth-order valence-electron chi connectivity index (χ4n) is 3.41. The fourth-order valence-corrected chi connectivity index (χ4v) is 3.41. The molecule has 0 saturated carbocycles. The Morgan fingerprint density at radius 1 is 1.08 bits per heavy atom. The van der Waals surface area contributed by atoms with Gasteiger partial charge in [-0.15, -0.1) is 0 Å². The standard InChI is InChI=1S/C19H28N4O/c1-3-23-10-9-20-18(23)15-21-11-13-22(14-12-21)16-19(2,24)17-7-5-4-6-8-17/h4-10,24H,3,11-16H2,1-2H3. The van der Waals surface area contributed by atoms with Crippen LogP contribution in [-0.4, -0.2) is 57.2 Å². The Morgan fingerprint density at radius 2 is 1.75 bits per heavy atom. The van der Waals surface area contributed by atoms with Crippen molar-refractivity contribution in [3.8, 4) is 0 Å². The molecule has 0 amide bonds. The van der Waals surface area contributed by atoms with Crippen LogP contribution in [-0.2, 0) is 18.7 Å². The van der Waals surface area contributed by atoms with E-state index in [4.69, 9.17) is 0 Å². The van der Waals surface area contributed by atoms with Crippen LogP contribution >= 0.6 is 0 Å². The number of imidazole rings is 1. The van der Waals surface area contributed by atoms with Crippen LogP contribution in [0.15, 0.2) is 42.7 Å². The van der Waals surface area contributed by atoms with Gasteiger partial charge >= 0.3 is 0 Å². The fraction of sp³-hybridized carbons (Fsp3) is 0.526. The van der Waals surface area contributed by atoms with Crippen molar-refractivity contribution in [3.05, 3.63) is 54.1 Å². The molecular weight excluding hydrogens is 300 g/mol. The lowest BCUT2D eigenvalue weighted by Gasteiger charge is -2.38. The van der Waals surface area contributed by atoms with Gasteiger partial charge in [-0.2, -0.15) is 0 Å². The minimum absolute atomic E-state index is 0.675. The van der Waals surface area contributed by atoms with Crippen LogP contribution in [0, 0.1) is 0 Å². The highest BCUT2D eigenvalue weighted by Gasteiger charge is 2.28. The zero-order chi connectivity index (χ0) is 17.0. The number of aromatic nitrogens is 2. The lowest BCUT2D eigenvalue weighted by molar-refractivity contribution is -0.000749. The molecule has 0 radical (unpaired) electrons. The predicted molar refractivity (Wildman–Crippen MR) is 95.6 cm³/mol. The Labute approximate surface area is 144 Å². The summed E-state index contributed by atoms with van der Waals surface area (Å²) in [7, 11) is 0. The summed E-state index contributed by atoms with van der Waals surface area (Å²) in [5.74, 6) is 1.14. The maximum atomic E-state index is 10.8. The largest absolute Gasteiger partial charge is 0.384 e. The summed E-state index contributed by atoms with van der Waals surface area (Å²) in [6.45, 7) is 10.6.